The highest BCUT2D eigenvalue weighted by Gasteiger charge is 2.24. The predicted octanol–water partition coefficient (Wildman–Crippen LogP) is 7.66. The van der Waals surface area contributed by atoms with E-state index in [-0.39, 0.29) is 11.9 Å². The van der Waals surface area contributed by atoms with Gasteiger partial charge in [0.25, 0.3) is 0 Å². The van der Waals surface area contributed by atoms with Gasteiger partial charge in [-0.1, -0.05) is 18.2 Å². The van der Waals surface area contributed by atoms with Crippen LogP contribution in [0.4, 0.5) is 10.1 Å². The Balaban J connectivity index is 1.41. The smallest absolute Gasteiger partial charge is 0.165 e. The number of aryl methyl sites for hydroxylation is 1. The second kappa shape index (κ2) is 14.1. The number of fused-ring (bicyclic) bond motifs is 1. The zero-order chi connectivity index (χ0) is 29.5. The molecule has 0 spiro atoms. The third-order valence-corrected chi connectivity index (χ3v) is 8.22. The Morgan fingerprint density at radius 2 is 1.59 bits per heavy atom. The molecule has 1 N–H and O–H groups in total. The molecule has 0 radical (unpaired) electrons. The molecule has 1 aliphatic rings. The van der Waals surface area contributed by atoms with Crippen LogP contribution >= 0.6 is 0 Å². The van der Waals surface area contributed by atoms with Crippen molar-refractivity contribution in [2.75, 3.05) is 32.7 Å². The zero-order valence-electron chi connectivity index (χ0n) is 25.8. The van der Waals surface area contributed by atoms with E-state index in [1.807, 2.05) is 12.1 Å². The number of methoxy groups -OCH3 is 2. The maximum Gasteiger partial charge on any atom is 0.165 e. The molecule has 0 fully saturated rings. The number of anilines is 1. The van der Waals surface area contributed by atoms with Gasteiger partial charge < -0.3 is 19.5 Å². The maximum absolute atomic E-state index is 15.0. The average molecular weight is 563 g/mol. The molecule has 6 heteroatoms. The maximum atomic E-state index is 15.0. The first-order chi connectivity index (χ1) is 19.7. The minimum Gasteiger partial charge on any atom is -0.497 e. The zero-order valence-corrected chi connectivity index (χ0v) is 25.8. The molecular formula is C35H47FN2O3. The van der Waals surface area contributed by atoms with Crippen LogP contribution in [0.25, 0.3) is 0 Å². The van der Waals surface area contributed by atoms with Gasteiger partial charge in [-0.3, -0.25) is 4.90 Å². The summed E-state index contributed by atoms with van der Waals surface area (Å²) >= 11 is 0. The molecule has 1 aliphatic carbocycles. The number of halogens is 1. The molecule has 2 unspecified atom stereocenters. The lowest BCUT2D eigenvalue weighted by Gasteiger charge is -2.30. The summed E-state index contributed by atoms with van der Waals surface area (Å²) in [7, 11) is 3.41. The second-order valence-electron chi connectivity index (χ2n) is 11.8. The Labute approximate surface area is 246 Å². The van der Waals surface area contributed by atoms with Gasteiger partial charge >= 0.3 is 0 Å². The van der Waals surface area contributed by atoms with E-state index >= 15 is 0 Å². The monoisotopic (exact) mass is 562 g/mol. The van der Waals surface area contributed by atoms with Crippen LogP contribution in [0.3, 0.4) is 0 Å². The highest BCUT2D eigenvalue weighted by molar-refractivity contribution is 5.58. The van der Waals surface area contributed by atoms with Gasteiger partial charge in [0.05, 0.1) is 14.2 Å². The SMILES string of the molecule is COc1ccc2c(c1)CCC(c1ccc(OC)cc1NC(C)Cc1ccc(OCCN(C(C)C)C(C)C)c(F)c1)C2. The molecule has 41 heavy (non-hydrogen) atoms. The van der Waals surface area contributed by atoms with Crippen LogP contribution in [0.5, 0.6) is 17.2 Å². The Morgan fingerprint density at radius 3 is 2.27 bits per heavy atom. The summed E-state index contributed by atoms with van der Waals surface area (Å²) in [6.45, 7) is 12.1. The van der Waals surface area contributed by atoms with E-state index < -0.39 is 0 Å². The molecule has 0 aromatic heterocycles. The third kappa shape index (κ3) is 7.94. The lowest BCUT2D eigenvalue weighted by Crippen LogP contribution is -2.39. The second-order valence-corrected chi connectivity index (χ2v) is 11.8. The molecule has 3 aromatic carbocycles. The van der Waals surface area contributed by atoms with Gasteiger partial charge in [-0.25, -0.2) is 4.39 Å². The van der Waals surface area contributed by atoms with E-state index in [0.717, 1.165) is 48.6 Å². The summed E-state index contributed by atoms with van der Waals surface area (Å²) in [5.74, 6) is 2.16. The average Bonchev–Trinajstić information content (AvgIpc) is 2.95. The molecule has 0 amide bonds. The molecular weight excluding hydrogens is 515 g/mol. The van der Waals surface area contributed by atoms with E-state index in [9.17, 15) is 4.39 Å². The van der Waals surface area contributed by atoms with Crippen LogP contribution in [0.15, 0.2) is 54.6 Å². The normalized spacial score (nSPS) is 15.6. The minimum atomic E-state index is -0.310. The molecule has 5 nitrogen and oxygen atoms in total. The summed E-state index contributed by atoms with van der Waals surface area (Å²) in [5.41, 5.74) is 6.08. The van der Waals surface area contributed by atoms with Crippen molar-refractivity contribution in [2.45, 2.75) is 84.3 Å². The molecule has 2 atom stereocenters. The fourth-order valence-corrected chi connectivity index (χ4v) is 6.10. The first-order valence-corrected chi connectivity index (χ1v) is 15.0. The number of nitrogens with zero attached hydrogens (tertiary/aromatic N) is 1. The molecule has 0 bridgehead atoms. The number of hydrogen-bond acceptors (Lipinski definition) is 5. The molecule has 0 saturated carbocycles. The van der Waals surface area contributed by atoms with Crippen molar-refractivity contribution in [1.29, 1.82) is 0 Å². The van der Waals surface area contributed by atoms with E-state index in [1.54, 1.807) is 26.4 Å². The standard InChI is InChI=1S/C35H47FN2O3/c1-23(2)38(24(3)4)16-17-41-35-15-8-26(19-33(35)36)18-25(5)37-34-22-31(40-7)13-14-32(34)29-10-9-28-21-30(39-6)12-11-27(28)20-29/h8,11-15,19,21-25,29,37H,9-10,16-18,20H2,1-7H3. The number of rotatable bonds is 13. The number of benzene rings is 3. The van der Waals surface area contributed by atoms with Crippen molar-refractivity contribution in [3.05, 3.63) is 82.7 Å². The Hall–Kier alpha value is -3.25. The van der Waals surface area contributed by atoms with Gasteiger partial charge in [0, 0.05) is 36.4 Å². The van der Waals surface area contributed by atoms with Gasteiger partial charge in [0.15, 0.2) is 11.6 Å². The van der Waals surface area contributed by atoms with Gasteiger partial charge in [-0.2, -0.15) is 0 Å². The molecule has 0 aliphatic heterocycles. The quantitative estimate of drug-likeness (QED) is 0.232. The van der Waals surface area contributed by atoms with Crippen molar-refractivity contribution < 1.29 is 18.6 Å². The van der Waals surface area contributed by atoms with Crippen molar-refractivity contribution >= 4 is 5.69 Å². The Kier molecular flexibility index (Phi) is 10.5. The Bertz CT molecular complexity index is 1280. The van der Waals surface area contributed by atoms with Crippen molar-refractivity contribution in [3.63, 3.8) is 0 Å². The summed E-state index contributed by atoms with van der Waals surface area (Å²) < 4.78 is 31.8. The largest absolute Gasteiger partial charge is 0.497 e. The summed E-state index contributed by atoms with van der Waals surface area (Å²) in [5, 5.41) is 3.72. The fraction of sp³-hybridized carbons (Fsp3) is 0.486. The summed E-state index contributed by atoms with van der Waals surface area (Å²) in [6.07, 6.45) is 3.79. The van der Waals surface area contributed by atoms with E-state index in [0.29, 0.717) is 36.8 Å². The highest BCUT2D eigenvalue weighted by atomic mass is 19.1. The summed E-state index contributed by atoms with van der Waals surface area (Å²) in [6, 6.07) is 19.0. The van der Waals surface area contributed by atoms with Gasteiger partial charge in [-0.15, -0.1) is 0 Å². The van der Waals surface area contributed by atoms with E-state index in [2.05, 4.69) is 75.2 Å². The van der Waals surface area contributed by atoms with Crippen LogP contribution in [-0.2, 0) is 19.3 Å². The lowest BCUT2D eigenvalue weighted by atomic mass is 9.79. The van der Waals surface area contributed by atoms with Gasteiger partial charge in [0.1, 0.15) is 18.1 Å². The lowest BCUT2D eigenvalue weighted by molar-refractivity contribution is 0.140. The van der Waals surface area contributed by atoms with Crippen molar-refractivity contribution in [2.24, 2.45) is 0 Å². The first-order valence-electron chi connectivity index (χ1n) is 15.0. The Morgan fingerprint density at radius 1 is 0.878 bits per heavy atom. The minimum absolute atomic E-state index is 0.0952. The molecule has 0 saturated heterocycles. The molecule has 222 valence electrons. The van der Waals surface area contributed by atoms with Crippen LogP contribution in [0.2, 0.25) is 0 Å². The van der Waals surface area contributed by atoms with Crippen LogP contribution in [0, 0.1) is 5.82 Å². The van der Waals surface area contributed by atoms with Gasteiger partial charge in [-0.05, 0) is 119 Å². The number of hydrogen-bond donors (Lipinski definition) is 1. The number of nitrogens with one attached hydrogen (secondary N) is 1. The van der Waals surface area contributed by atoms with Crippen LogP contribution < -0.4 is 19.5 Å². The van der Waals surface area contributed by atoms with Crippen molar-refractivity contribution in [3.8, 4) is 17.2 Å². The number of ether oxygens (including phenoxy) is 3. The van der Waals surface area contributed by atoms with Crippen LogP contribution in [-0.4, -0.2) is 50.4 Å². The third-order valence-electron chi connectivity index (χ3n) is 8.22. The van der Waals surface area contributed by atoms with Crippen LogP contribution in [0.1, 0.15) is 69.2 Å². The highest BCUT2D eigenvalue weighted by Crippen LogP contribution is 2.39. The van der Waals surface area contributed by atoms with E-state index in [1.165, 1.54) is 16.7 Å². The molecule has 0 heterocycles. The van der Waals surface area contributed by atoms with Gasteiger partial charge in [0.2, 0.25) is 0 Å². The predicted molar refractivity (Wildman–Crippen MR) is 166 cm³/mol. The first kappa shape index (κ1) is 30.7. The van der Waals surface area contributed by atoms with E-state index in [4.69, 9.17) is 14.2 Å². The summed E-state index contributed by atoms with van der Waals surface area (Å²) in [4.78, 5) is 2.34. The fourth-order valence-electron chi connectivity index (χ4n) is 6.10. The molecule has 3 aromatic rings. The molecule has 4 rings (SSSR count). The van der Waals surface area contributed by atoms with Crippen molar-refractivity contribution in [1.82, 2.24) is 4.90 Å². The topological polar surface area (TPSA) is 43.0 Å².